The molecule has 0 bridgehead atoms. The monoisotopic (exact) mass is 276 g/mol. The van der Waals surface area contributed by atoms with Crippen LogP contribution in [0.4, 0.5) is 4.79 Å². The number of hydrogen-bond acceptors (Lipinski definition) is 5. The van der Waals surface area contributed by atoms with Crippen LogP contribution in [-0.2, 0) is 4.74 Å². The van der Waals surface area contributed by atoms with Gasteiger partial charge >= 0.3 is 6.16 Å². The SMILES string of the molecule is CCOC(=O)Oc1cc(OC)c(OC)c2ccccc12. The molecule has 5 heteroatoms. The molecule has 0 atom stereocenters. The number of fused-ring (bicyclic) bond motifs is 1. The second-order valence-electron chi connectivity index (χ2n) is 3.94. The highest BCUT2D eigenvalue weighted by Gasteiger charge is 2.16. The molecular formula is C15H16O5. The maximum absolute atomic E-state index is 11.5. The van der Waals surface area contributed by atoms with Crippen molar-refractivity contribution in [2.45, 2.75) is 6.92 Å². The van der Waals surface area contributed by atoms with Gasteiger partial charge in [-0.3, -0.25) is 0 Å². The molecule has 0 heterocycles. The van der Waals surface area contributed by atoms with Crippen LogP contribution in [0.25, 0.3) is 10.8 Å². The van der Waals surface area contributed by atoms with Gasteiger partial charge in [0.05, 0.1) is 20.8 Å². The van der Waals surface area contributed by atoms with E-state index in [0.717, 1.165) is 10.8 Å². The third-order valence-electron chi connectivity index (χ3n) is 2.80. The fourth-order valence-electron chi connectivity index (χ4n) is 1.97. The second kappa shape index (κ2) is 6.14. The zero-order chi connectivity index (χ0) is 14.5. The smallest absolute Gasteiger partial charge is 0.493 e. The first-order valence-corrected chi connectivity index (χ1v) is 6.19. The van der Waals surface area contributed by atoms with Gasteiger partial charge in [0.2, 0.25) is 0 Å². The van der Waals surface area contributed by atoms with Crippen LogP contribution in [0.1, 0.15) is 6.92 Å². The molecule has 0 unspecified atom stereocenters. The Kier molecular flexibility index (Phi) is 4.30. The van der Waals surface area contributed by atoms with Gasteiger partial charge in [-0.25, -0.2) is 4.79 Å². The van der Waals surface area contributed by atoms with Crippen molar-refractivity contribution < 1.29 is 23.7 Å². The van der Waals surface area contributed by atoms with E-state index in [9.17, 15) is 4.79 Å². The maximum Gasteiger partial charge on any atom is 0.513 e. The summed E-state index contributed by atoms with van der Waals surface area (Å²) >= 11 is 0. The van der Waals surface area contributed by atoms with Gasteiger partial charge in [-0.1, -0.05) is 24.3 Å². The molecule has 0 aliphatic rings. The number of methoxy groups -OCH3 is 2. The third kappa shape index (κ3) is 2.61. The average Bonchev–Trinajstić information content (AvgIpc) is 2.47. The predicted molar refractivity (Wildman–Crippen MR) is 74.7 cm³/mol. The number of benzene rings is 2. The molecule has 0 spiro atoms. The molecule has 0 radical (unpaired) electrons. The van der Waals surface area contributed by atoms with E-state index in [0.29, 0.717) is 17.2 Å². The normalized spacial score (nSPS) is 10.2. The highest BCUT2D eigenvalue weighted by atomic mass is 16.7. The van der Waals surface area contributed by atoms with Gasteiger partial charge in [0.1, 0.15) is 5.75 Å². The van der Waals surface area contributed by atoms with E-state index < -0.39 is 6.16 Å². The fourth-order valence-corrected chi connectivity index (χ4v) is 1.97. The Hall–Kier alpha value is -2.43. The molecule has 20 heavy (non-hydrogen) atoms. The summed E-state index contributed by atoms with van der Waals surface area (Å²) in [6.45, 7) is 1.97. The lowest BCUT2D eigenvalue weighted by Gasteiger charge is -2.14. The van der Waals surface area contributed by atoms with Crippen molar-refractivity contribution in [3.63, 3.8) is 0 Å². The standard InChI is InChI=1S/C15H16O5/c1-4-19-15(16)20-12-9-13(17-2)14(18-3)11-8-6-5-7-10(11)12/h5-9H,4H2,1-3H3. The molecule has 5 nitrogen and oxygen atoms in total. The van der Waals surface area contributed by atoms with Crippen LogP contribution in [0.15, 0.2) is 30.3 Å². The third-order valence-corrected chi connectivity index (χ3v) is 2.80. The van der Waals surface area contributed by atoms with Crippen LogP contribution >= 0.6 is 0 Å². The summed E-state index contributed by atoms with van der Waals surface area (Å²) in [6.07, 6.45) is -0.745. The predicted octanol–water partition coefficient (Wildman–Crippen LogP) is 3.39. The Bertz CT molecular complexity index is 621. The number of carbonyl (C=O) groups is 1. The van der Waals surface area contributed by atoms with Gasteiger partial charge in [0.15, 0.2) is 11.5 Å². The quantitative estimate of drug-likeness (QED) is 0.633. The van der Waals surface area contributed by atoms with Crippen LogP contribution in [0.3, 0.4) is 0 Å². The summed E-state index contributed by atoms with van der Waals surface area (Å²) in [5.41, 5.74) is 0. The number of hydrogen-bond donors (Lipinski definition) is 0. The lowest BCUT2D eigenvalue weighted by atomic mass is 10.1. The largest absolute Gasteiger partial charge is 0.513 e. The van der Waals surface area contributed by atoms with Crippen LogP contribution < -0.4 is 14.2 Å². The van der Waals surface area contributed by atoms with E-state index >= 15 is 0 Å². The van der Waals surface area contributed by atoms with Crippen LogP contribution in [0, 0.1) is 0 Å². The lowest BCUT2D eigenvalue weighted by molar-refractivity contribution is 0.105. The van der Waals surface area contributed by atoms with Gasteiger partial charge in [-0.05, 0) is 6.92 Å². The van der Waals surface area contributed by atoms with E-state index in [-0.39, 0.29) is 6.61 Å². The summed E-state index contributed by atoms with van der Waals surface area (Å²) in [4.78, 5) is 11.5. The molecule has 0 aliphatic carbocycles. The first kappa shape index (κ1) is 14.0. The minimum Gasteiger partial charge on any atom is -0.493 e. The van der Waals surface area contributed by atoms with E-state index in [1.165, 1.54) is 7.11 Å². The Balaban J connectivity index is 2.56. The molecule has 2 aromatic carbocycles. The van der Waals surface area contributed by atoms with Crippen molar-refractivity contribution in [1.82, 2.24) is 0 Å². The van der Waals surface area contributed by atoms with Crippen LogP contribution in [0.5, 0.6) is 17.2 Å². The Morgan fingerprint density at radius 1 is 1.05 bits per heavy atom. The van der Waals surface area contributed by atoms with Crippen molar-refractivity contribution in [3.8, 4) is 17.2 Å². The van der Waals surface area contributed by atoms with Gasteiger partial charge in [0, 0.05) is 16.8 Å². The minimum atomic E-state index is -0.745. The fraction of sp³-hybridized carbons (Fsp3) is 0.267. The molecule has 0 aromatic heterocycles. The summed E-state index contributed by atoms with van der Waals surface area (Å²) in [7, 11) is 3.09. The molecule has 0 aliphatic heterocycles. The molecule has 0 saturated heterocycles. The molecule has 0 saturated carbocycles. The number of rotatable bonds is 4. The molecular weight excluding hydrogens is 260 g/mol. The first-order valence-electron chi connectivity index (χ1n) is 6.19. The van der Waals surface area contributed by atoms with Crippen LogP contribution in [0.2, 0.25) is 0 Å². The lowest BCUT2D eigenvalue weighted by Crippen LogP contribution is -2.10. The first-order chi connectivity index (χ1) is 9.71. The number of ether oxygens (including phenoxy) is 4. The highest BCUT2D eigenvalue weighted by Crippen LogP contribution is 2.41. The zero-order valence-corrected chi connectivity index (χ0v) is 11.6. The zero-order valence-electron chi connectivity index (χ0n) is 11.6. The molecule has 0 fully saturated rings. The van der Waals surface area contributed by atoms with Crippen molar-refractivity contribution in [1.29, 1.82) is 0 Å². The topological polar surface area (TPSA) is 54.0 Å². The minimum absolute atomic E-state index is 0.254. The molecule has 2 rings (SSSR count). The maximum atomic E-state index is 11.5. The van der Waals surface area contributed by atoms with E-state index in [1.54, 1.807) is 20.1 Å². The van der Waals surface area contributed by atoms with Gasteiger partial charge in [-0.15, -0.1) is 0 Å². The molecule has 106 valence electrons. The molecule has 2 aromatic rings. The summed E-state index contributed by atoms with van der Waals surface area (Å²) in [5.74, 6) is 1.46. The average molecular weight is 276 g/mol. The van der Waals surface area contributed by atoms with Crippen LogP contribution in [-0.4, -0.2) is 27.0 Å². The van der Waals surface area contributed by atoms with Crippen molar-refractivity contribution in [2.75, 3.05) is 20.8 Å². The van der Waals surface area contributed by atoms with Crippen molar-refractivity contribution in [2.24, 2.45) is 0 Å². The molecule has 0 amide bonds. The Morgan fingerprint density at radius 2 is 1.75 bits per heavy atom. The molecule has 0 N–H and O–H groups in total. The van der Waals surface area contributed by atoms with E-state index in [2.05, 4.69) is 0 Å². The highest BCUT2D eigenvalue weighted by molar-refractivity contribution is 5.96. The summed E-state index contributed by atoms with van der Waals surface area (Å²) < 4.78 is 20.6. The van der Waals surface area contributed by atoms with Gasteiger partial charge in [0.25, 0.3) is 0 Å². The Labute approximate surface area is 117 Å². The van der Waals surface area contributed by atoms with Gasteiger partial charge in [-0.2, -0.15) is 0 Å². The van der Waals surface area contributed by atoms with Crippen molar-refractivity contribution >= 4 is 16.9 Å². The van der Waals surface area contributed by atoms with Gasteiger partial charge < -0.3 is 18.9 Å². The van der Waals surface area contributed by atoms with E-state index in [1.807, 2.05) is 24.3 Å². The second-order valence-corrected chi connectivity index (χ2v) is 3.94. The number of carbonyl (C=O) groups excluding carboxylic acids is 1. The Morgan fingerprint density at radius 3 is 2.35 bits per heavy atom. The van der Waals surface area contributed by atoms with Crippen molar-refractivity contribution in [3.05, 3.63) is 30.3 Å². The van der Waals surface area contributed by atoms with E-state index in [4.69, 9.17) is 18.9 Å². The summed E-state index contributed by atoms with van der Waals surface area (Å²) in [5, 5.41) is 1.55. The summed E-state index contributed by atoms with van der Waals surface area (Å²) in [6, 6.07) is 9.04.